The SMILES string of the molecule is CCCC1(CN=C(N)N2CCSCC2)CCC1. The lowest BCUT2D eigenvalue weighted by molar-refractivity contribution is 0.129. The summed E-state index contributed by atoms with van der Waals surface area (Å²) in [5.41, 5.74) is 6.60. The number of hydrogen-bond donors (Lipinski definition) is 1. The van der Waals surface area contributed by atoms with Crippen LogP contribution < -0.4 is 5.73 Å². The van der Waals surface area contributed by atoms with Gasteiger partial charge in [0.05, 0.1) is 0 Å². The first-order valence-electron chi connectivity index (χ1n) is 6.88. The van der Waals surface area contributed by atoms with Crippen LogP contribution in [0.2, 0.25) is 0 Å². The summed E-state index contributed by atoms with van der Waals surface area (Å²) in [5.74, 6) is 3.17. The molecule has 0 aromatic carbocycles. The molecule has 17 heavy (non-hydrogen) atoms. The fraction of sp³-hybridized carbons (Fsp3) is 0.923. The van der Waals surface area contributed by atoms with Gasteiger partial charge in [0.15, 0.2) is 5.96 Å². The van der Waals surface area contributed by atoms with Crippen LogP contribution in [0.15, 0.2) is 4.99 Å². The average Bonchev–Trinajstić information content (AvgIpc) is 2.33. The highest BCUT2D eigenvalue weighted by Crippen LogP contribution is 2.44. The zero-order valence-corrected chi connectivity index (χ0v) is 11.8. The van der Waals surface area contributed by atoms with Crippen LogP contribution in [0, 0.1) is 5.41 Å². The van der Waals surface area contributed by atoms with Crippen molar-refractivity contribution in [3.05, 3.63) is 0 Å². The summed E-state index contributed by atoms with van der Waals surface area (Å²) in [6, 6.07) is 0. The van der Waals surface area contributed by atoms with Crippen molar-refractivity contribution in [1.82, 2.24) is 4.90 Å². The van der Waals surface area contributed by atoms with Gasteiger partial charge in [0.2, 0.25) is 0 Å². The maximum absolute atomic E-state index is 6.10. The van der Waals surface area contributed by atoms with E-state index in [4.69, 9.17) is 5.73 Å². The fourth-order valence-electron chi connectivity index (χ4n) is 2.84. The molecule has 0 aromatic heterocycles. The fourth-order valence-corrected chi connectivity index (χ4v) is 3.74. The number of aliphatic imine (C=N–C) groups is 1. The Balaban J connectivity index is 1.85. The summed E-state index contributed by atoms with van der Waals surface area (Å²) in [7, 11) is 0. The van der Waals surface area contributed by atoms with E-state index in [2.05, 4.69) is 16.8 Å². The van der Waals surface area contributed by atoms with Gasteiger partial charge >= 0.3 is 0 Å². The van der Waals surface area contributed by atoms with Crippen molar-refractivity contribution >= 4 is 17.7 Å². The molecule has 1 heterocycles. The van der Waals surface area contributed by atoms with Crippen LogP contribution in [0.5, 0.6) is 0 Å². The van der Waals surface area contributed by atoms with Gasteiger partial charge in [0.1, 0.15) is 0 Å². The van der Waals surface area contributed by atoms with Gasteiger partial charge in [-0.15, -0.1) is 0 Å². The van der Waals surface area contributed by atoms with Crippen LogP contribution >= 0.6 is 11.8 Å². The second kappa shape index (κ2) is 5.98. The number of rotatable bonds is 4. The monoisotopic (exact) mass is 255 g/mol. The van der Waals surface area contributed by atoms with E-state index < -0.39 is 0 Å². The number of nitrogens with two attached hydrogens (primary N) is 1. The topological polar surface area (TPSA) is 41.6 Å². The summed E-state index contributed by atoms with van der Waals surface area (Å²) < 4.78 is 0. The van der Waals surface area contributed by atoms with E-state index in [9.17, 15) is 0 Å². The molecule has 0 unspecified atom stereocenters. The highest BCUT2D eigenvalue weighted by molar-refractivity contribution is 7.99. The van der Waals surface area contributed by atoms with Crippen LogP contribution in [0.25, 0.3) is 0 Å². The Morgan fingerprint density at radius 1 is 1.35 bits per heavy atom. The van der Waals surface area contributed by atoms with Gasteiger partial charge in [0, 0.05) is 31.1 Å². The Bertz CT molecular complexity index is 268. The Morgan fingerprint density at radius 3 is 2.59 bits per heavy atom. The number of guanidine groups is 1. The number of thioether (sulfide) groups is 1. The van der Waals surface area contributed by atoms with Crippen molar-refractivity contribution in [3.8, 4) is 0 Å². The summed E-state index contributed by atoms with van der Waals surface area (Å²) in [5, 5.41) is 0. The quantitative estimate of drug-likeness (QED) is 0.619. The van der Waals surface area contributed by atoms with Gasteiger partial charge in [-0.1, -0.05) is 19.8 Å². The van der Waals surface area contributed by atoms with Crippen LogP contribution in [-0.2, 0) is 0 Å². The largest absolute Gasteiger partial charge is 0.370 e. The number of hydrogen-bond acceptors (Lipinski definition) is 2. The smallest absolute Gasteiger partial charge is 0.191 e. The van der Waals surface area contributed by atoms with Gasteiger partial charge in [-0.3, -0.25) is 4.99 Å². The first-order chi connectivity index (χ1) is 8.26. The van der Waals surface area contributed by atoms with Gasteiger partial charge in [-0.25, -0.2) is 0 Å². The molecule has 0 atom stereocenters. The van der Waals surface area contributed by atoms with Crippen LogP contribution in [0.3, 0.4) is 0 Å². The molecule has 1 aliphatic carbocycles. The zero-order valence-electron chi connectivity index (χ0n) is 11.0. The van der Waals surface area contributed by atoms with E-state index in [-0.39, 0.29) is 0 Å². The van der Waals surface area contributed by atoms with E-state index in [1.54, 1.807) is 0 Å². The van der Waals surface area contributed by atoms with E-state index in [0.717, 1.165) is 25.6 Å². The Kier molecular flexibility index (Phi) is 4.60. The van der Waals surface area contributed by atoms with Crippen molar-refractivity contribution < 1.29 is 0 Å². The van der Waals surface area contributed by atoms with Crippen molar-refractivity contribution in [2.45, 2.75) is 39.0 Å². The lowest BCUT2D eigenvalue weighted by Gasteiger charge is -2.41. The molecule has 2 N–H and O–H groups in total. The van der Waals surface area contributed by atoms with Crippen LogP contribution in [0.1, 0.15) is 39.0 Å². The molecule has 1 saturated heterocycles. The zero-order chi connectivity index (χ0) is 12.1. The molecule has 1 saturated carbocycles. The summed E-state index contributed by atoms with van der Waals surface area (Å²) in [6.07, 6.45) is 6.69. The Hall–Kier alpha value is -0.380. The lowest BCUT2D eigenvalue weighted by atomic mass is 9.66. The van der Waals surface area contributed by atoms with Gasteiger partial charge < -0.3 is 10.6 Å². The third-order valence-corrected chi connectivity index (χ3v) is 5.05. The molecule has 1 aliphatic heterocycles. The first-order valence-corrected chi connectivity index (χ1v) is 8.04. The maximum atomic E-state index is 6.10. The first kappa shape index (κ1) is 13.1. The third-order valence-electron chi connectivity index (χ3n) is 4.11. The predicted molar refractivity (Wildman–Crippen MR) is 76.6 cm³/mol. The maximum Gasteiger partial charge on any atom is 0.191 e. The second-order valence-electron chi connectivity index (χ2n) is 5.38. The van der Waals surface area contributed by atoms with Crippen molar-refractivity contribution in [3.63, 3.8) is 0 Å². The van der Waals surface area contributed by atoms with Crippen LogP contribution in [-0.4, -0.2) is 42.0 Å². The van der Waals surface area contributed by atoms with Gasteiger partial charge in [0.25, 0.3) is 0 Å². The molecule has 3 nitrogen and oxygen atoms in total. The number of nitrogens with zero attached hydrogens (tertiary/aromatic N) is 2. The molecule has 2 fully saturated rings. The Labute approximate surface area is 109 Å². The molecular formula is C13H25N3S. The molecule has 0 radical (unpaired) electrons. The van der Waals surface area contributed by atoms with Crippen LogP contribution in [0.4, 0.5) is 0 Å². The van der Waals surface area contributed by atoms with E-state index >= 15 is 0 Å². The van der Waals surface area contributed by atoms with E-state index in [0.29, 0.717) is 5.41 Å². The summed E-state index contributed by atoms with van der Waals surface area (Å²) >= 11 is 2.01. The van der Waals surface area contributed by atoms with Crippen molar-refractivity contribution in [2.24, 2.45) is 16.1 Å². The van der Waals surface area contributed by atoms with Crippen molar-refractivity contribution in [1.29, 1.82) is 0 Å². The lowest BCUT2D eigenvalue weighted by Crippen LogP contribution is -2.43. The highest BCUT2D eigenvalue weighted by atomic mass is 32.2. The minimum absolute atomic E-state index is 0.504. The third kappa shape index (κ3) is 3.30. The summed E-state index contributed by atoms with van der Waals surface area (Å²) in [4.78, 5) is 6.92. The Morgan fingerprint density at radius 2 is 2.06 bits per heavy atom. The molecule has 0 amide bonds. The standard InChI is InChI=1S/C13H25N3S/c1-2-4-13(5-3-6-13)11-15-12(14)16-7-9-17-10-8-16/h2-11H2,1H3,(H2,14,15). The minimum atomic E-state index is 0.504. The summed E-state index contributed by atoms with van der Waals surface area (Å²) in [6.45, 7) is 5.37. The van der Waals surface area contributed by atoms with Gasteiger partial charge in [-0.2, -0.15) is 11.8 Å². The van der Waals surface area contributed by atoms with Crippen molar-refractivity contribution in [2.75, 3.05) is 31.1 Å². The van der Waals surface area contributed by atoms with E-state index in [1.165, 1.54) is 43.6 Å². The molecule has 2 rings (SSSR count). The molecule has 4 heteroatoms. The van der Waals surface area contributed by atoms with Gasteiger partial charge in [-0.05, 0) is 24.7 Å². The molecule has 0 aromatic rings. The van der Waals surface area contributed by atoms with E-state index in [1.807, 2.05) is 11.8 Å². The predicted octanol–water partition coefficient (Wildman–Crippen LogP) is 2.32. The molecular weight excluding hydrogens is 230 g/mol. The molecule has 2 aliphatic rings. The minimum Gasteiger partial charge on any atom is -0.370 e. The second-order valence-corrected chi connectivity index (χ2v) is 6.60. The molecule has 0 spiro atoms. The normalized spacial score (nSPS) is 24.5. The average molecular weight is 255 g/mol. The molecule has 98 valence electrons. The molecule has 0 bridgehead atoms. The highest BCUT2D eigenvalue weighted by Gasteiger charge is 2.35.